The average molecular weight is 404 g/mol. The largest absolute Gasteiger partial charge is 0.324 e. The molecule has 0 N–H and O–H groups in total. The molecular formula is C21H16N4O3S. The van der Waals surface area contributed by atoms with E-state index in [1.54, 1.807) is 29.8 Å². The molecule has 0 bridgehead atoms. The van der Waals surface area contributed by atoms with Crippen LogP contribution in [0.2, 0.25) is 0 Å². The first-order valence-electron chi connectivity index (χ1n) is 8.79. The maximum atomic E-state index is 13.3. The van der Waals surface area contributed by atoms with Crippen LogP contribution in [0, 0.1) is 0 Å². The predicted octanol–water partition coefficient (Wildman–Crippen LogP) is 3.32. The van der Waals surface area contributed by atoms with Crippen molar-refractivity contribution in [3.63, 3.8) is 0 Å². The van der Waals surface area contributed by atoms with Gasteiger partial charge in [-0.1, -0.05) is 30.3 Å². The van der Waals surface area contributed by atoms with Crippen molar-refractivity contribution >= 4 is 51.4 Å². The van der Waals surface area contributed by atoms with Crippen LogP contribution in [0.5, 0.6) is 0 Å². The van der Waals surface area contributed by atoms with Gasteiger partial charge in [-0.3, -0.25) is 14.4 Å². The van der Waals surface area contributed by atoms with Crippen LogP contribution in [0.15, 0.2) is 70.3 Å². The second-order valence-corrected chi connectivity index (χ2v) is 7.34. The van der Waals surface area contributed by atoms with Crippen LogP contribution in [-0.2, 0) is 16.6 Å². The Balaban J connectivity index is 1.85. The number of thioether (sulfide) groups is 1. The van der Waals surface area contributed by atoms with Gasteiger partial charge in [0.25, 0.3) is 0 Å². The molecule has 1 aromatic heterocycles. The fourth-order valence-electron chi connectivity index (χ4n) is 3.02. The summed E-state index contributed by atoms with van der Waals surface area (Å²) in [6.45, 7) is 1.39. The summed E-state index contributed by atoms with van der Waals surface area (Å²) in [7, 11) is 1.73. The van der Waals surface area contributed by atoms with Gasteiger partial charge in [0.15, 0.2) is 22.9 Å². The minimum absolute atomic E-state index is 0.0998. The number of nitrogens with zero attached hydrogens (tertiary/aromatic N) is 4. The summed E-state index contributed by atoms with van der Waals surface area (Å²) in [5.41, 5.74) is 1.99. The molecule has 2 heterocycles. The molecule has 0 fully saturated rings. The van der Waals surface area contributed by atoms with Gasteiger partial charge in [0, 0.05) is 14.0 Å². The van der Waals surface area contributed by atoms with Crippen LogP contribution in [0.25, 0.3) is 11.0 Å². The quantitative estimate of drug-likeness (QED) is 0.213. The van der Waals surface area contributed by atoms with Crippen LogP contribution < -0.4 is 5.01 Å². The minimum atomic E-state index is -0.526. The van der Waals surface area contributed by atoms with Gasteiger partial charge in [0.05, 0.1) is 22.3 Å². The highest BCUT2D eigenvalue weighted by Crippen LogP contribution is 2.37. The van der Waals surface area contributed by atoms with E-state index in [-0.39, 0.29) is 27.3 Å². The molecule has 0 atom stereocenters. The highest BCUT2D eigenvalue weighted by molar-refractivity contribution is 8.19. The monoisotopic (exact) mass is 404 g/mol. The number of aromatic nitrogens is 2. The number of rotatable bonds is 5. The Bertz CT molecular complexity index is 1210. The topological polar surface area (TPSA) is 84.6 Å². The van der Waals surface area contributed by atoms with Crippen LogP contribution in [0.4, 0.5) is 5.69 Å². The molecule has 3 aromatic rings. The number of anilines is 1. The molecule has 0 aliphatic carbocycles. The van der Waals surface area contributed by atoms with Crippen molar-refractivity contribution in [2.75, 3.05) is 5.01 Å². The third-order valence-electron chi connectivity index (χ3n) is 4.46. The van der Waals surface area contributed by atoms with Crippen LogP contribution in [0.3, 0.4) is 0 Å². The standard InChI is InChI=1S/C21H16N4O3S/c1-13(27)20-23-25(14-8-4-3-5-9-14)21(29-20)15(12-26)18(28)19-22-16-10-6-7-11-17(16)24(19)2/h3-12H,1-2H3/b21-15+. The maximum Gasteiger partial charge on any atom is 0.234 e. The molecule has 8 heteroatoms. The van der Waals surface area contributed by atoms with E-state index in [9.17, 15) is 14.4 Å². The number of hydrazone groups is 1. The van der Waals surface area contributed by atoms with Crippen LogP contribution >= 0.6 is 11.8 Å². The van der Waals surface area contributed by atoms with E-state index in [1.807, 2.05) is 36.4 Å². The zero-order chi connectivity index (χ0) is 20.5. The summed E-state index contributed by atoms with van der Waals surface area (Å²) < 4.78 is 1.65. The van der Waals surface area contributed by atoms with Crippen molar-refractivity contribution in [3.8, 4) is 0 Å². The Labute approximate surface area is 170 Å². The van der Waals surface area contributed by atoms with Gasteiger partial charge in [-0.2, -0.15) is 5.10 Å². The van der Waals surface area contributed by atoms with Gasteiger partial charge in [0.1, 0.15) is 5.03 Å². The van der Waals surface area contributed by atoms with Gasteiger partial charge < -0.3 is 4.57 Å². The summed E-state index contributed by atoms with van der Waals surface area (Å²) >= 11 is 1.01. The predicted molar refractivity (Wildman–Crippen MR) is 113 cm³/mol. The summed E-state index contributed by atoms with van der Waals surface area (Å²) in [5, 5.41) is 6.26. The zero-order valence-corrected chi connectivity index (χ0v) is 16.5. The fourth-order valence-corrected chi connectivity index (χ4v) is 3.95. The Morgan fingerprint density at radius 1 is 1.03 bits per heavy atom. The van der Waals surface area contributed by atoms with Gasteiger partial charge >= 0.3 is 0 Å². The number of imidazole rings is 1. The highest BCUT2D eigenvalue weighted by Gasteiger charge is 2.32. The lowest BCUT2D eigenvalue weighted by atomic mass is 10.2. The van der Waals surface area contributed by atoms with Gasteiger partial charge in [-0.25, -0.2) is 9.99 Å². The van der Waals surface area contributed by atoms with Crippen LogP contribution in [0.1, 0.15) is 17.5 Å². The van der Waals surface area contributed by atoms with Gasteiger partial charge in [-0.05, 0) is 36.0 Å². The van der Waals surface area contributed by atoms with E-state index < -0.39 is 5.78 Å². The summed E-state index contributed by atoms with van der Waals surface area (Å²) in [6.07, 6.45) is 0.499. The first-order chi connectivity index (χ1) is 14.0. The second-order valence-electron chi connectivity index (χ2n) is 6.36. The highest BCUT2D eigenvalue weighted by atomic mass is 32.2. The SMILES string of the molecule is CC(=O)C1=NN(c2ccccc2)/C(=C(/C=O)C(=O)c2nc3ccccc3n2C)S1. The lowest BCUT2D eigenvalue weighted by Gasteiger charge is -2.16. The Morgan fingerprint density at radius 2 is 1.72 bits per heavy atom. The summed E-state index contributed by atoms with van der Waals surface area (Å²) in [5.74, 6) is -0.626. The number of carbonyl (C=O) groups is 3. The molecule has 0 radical (unpaired) electrons. The molecular weight excluding hydrogens is 388 g/mol. The molecule has 4 rings (SSSR count). The Hall–Kier alpha value is -3.52. The van der Waals surface area contributed by atoms with E-state index in [0.29, 0.717) is 17.5 Å². The molecule has 0 saturated carbocycles. The number of hydrogen-bond donors (Lipinski definition) is 0. The third-order valence-corrected chi connectivity index (χ3v) is 5.61. The van der Waals surface area contributed by atoms with E-state index in [0.717, 1.165) is 17.3 Å². The Kier molecular flexibility index (Phi) is 4.85. The van der Waals surface area contributed by atoms with Crippen molar-refractivity contribution in [3.05, 3.63) is 71.0 Å². The van der Waals surface area contributed by atoms with Crippen molar-refractivity contribution in [2.24, 2.45) is 12.1 Å². The van der Waals surface area contributed by atoms with Gasteiger partial charge in [-0.15, -0.1) is 0 Å². The molecule has 1 aliphatic heterocycles. The average Bonchev–Trinajstić information content (AvgIpc) is 3.32. The molecule has 1 aliphatic rings. The van der Waals surface area contributed by atoms with E-state index in [2.05, 4.69) is 10.1 Å². The van der Waals surface area contributed by atoms with Crippen LogP contribution in [-0.4, -0.2) is 32.4 Å². The number of para-hydroxylation sites is 3. The van der Waals surface area contributed by atoms with Crippen molar-refractivity contribution in [1.82, 2.24) is 9.55 Å². The number of benzene rings is 2. The van der Waals surface area contributed by atoms with Crippen molar-refractivity contribution in [2.45, 2.75) is 6.92 Å². The number of aldehydes is 1. The van der Waals surface area contributed by atoms with Crippen molar-refractivity contribution in [1.29, 1.82) is 0 Å². The third kappa shape index (κ3) is 3.27. The number of allylic oxidation sites excluding steroid dienone is 1. The molecule has 0 saturated heterocycles. The van der Waals surface area contributed by atoms with Gasteiger partial charge in [0.2, 0.25) is 5.78 Å². The van der Waals surface area contributed by atoms with E-state index >= 15 is 0 Å². The smallest absolute Gasteiger partial charge is 0.234 e. The number of Topliss-reactive ketones (excluding diaryl/α,β-unsaturated/α-hetero) is 2. The number of ketones is 2. The first kappa shape index (κ1) is 18.8. The molecule has 29 heavy (non-hydrogen) atoms. The lowest BCUT2D eigenvalue weighted by Crippen LogP contribution is -2.18. The Morgan fingerprint density at radius 3 is 2.38 bits per heavy atom. The minimum Gasteiger partial charge on any atom is -0.324 e. The normalized spacial score (nSPS) is 15.4. The maximum absolute atomic E-state index is 13.3. The summed E-state index contributed by atoms with van der Waals surface area (Å²) in [4.78, 5) is 41.5. The number of carbonyl (C=O) groups excluding carboxylic acids is 3. The molecule has 144 valence electrons. The molecule has 0 spiro atoms. The fraction of sp³-hybridized carbons (Fsp3) is 0.0952. The summed E-state index contributed by atoms with van der Waals surface area (Å²) in [6, 6.07) is 16.4. The molecule has 0 amide bonds. The molecule has 0 unspecified atom stereocenters. The van der Waals surface area contributed by atoms with Crippen molar-refractivity contribution < 1.29 is 14.4 Å². The number of fused-ring (bicyclic) bond motifs is 1. The zero-order valence-electron chi connectivity index (χ0n) is 15.7. The first-order valence-corrected chi connectivity index (χ1v) is 9.61. The molecule has 2 aromatic carbocycles. The van der Waals surface area contributed by atoms with E-state index in [4.69, 9.17) is 0 Å². The molecule has 7 nitrogen and oxygen atoms in total. The lowest BCUT2D eigenvalue weighted by molar-refractivity contribution is -0.110. The second kappa shape index (κ2) is 7.48. The number of aryl methyl sites for hydroxylation is 1. The number of hydrogen-bond acceptors (Lipinski definition) is 7. The van der Waals surface area contributed by atoms with E-state index in [1.165, 1.54) is 11.9 Å².